The van der Waals surface area contributed by atoms with Crippen LogP contribution in [0.1, 0.15) is 0 Å². The van der Waals surface area contributed by atoms with Crippen LogP contribution in [0.25, 0.3) is 33.5 Å². The van der Waals surface area contributed by atoms with Crippen molar-refractivity contribution < 1.29 is 10.0 Å². The molecule has 0 spiro atoms. The van der Waals surface area contributed by atoms with E-state index in [0.717, 1.165) is 22.2 Å². The first-order chi connectivity index (χ1) is 12.2. The normalized spacial score (nSPS) is 10.8. The molecule has 3 aromatic carbocycles. The first-order valence-corrected chi connectivity index (χ1v) is 8.01. The zero-order valence-electron chi connectivity index (χ0n) is 13.4. The van der Waals surface area contributed by atoms with E-state index in [-0.39, 0.29) is 0 Å². The fraction of sp³-hybridized carbons (Fsp3) is 0. The predicted octanol–water partition coefficient (Wildman–Crippen LogP) is 2.64. The SMILES string of the molecule is OB(O)c1ccc2c(-c3ccccc3)nc(-c3ccccc3)nc2c1. The monoisotopic (exact) mass is 326 g/mol. The third kappa shape index (κ3) is 3.03. The molecule has 0 bridgehead atoms. The molecule has 0 radical (unpaired) electrons. The Kier molecular flexibility index (Phi) is 4.02. The third-order valence-electron chi connectivity index (χ3n) is 4.10. The summed E-state index contributed by atoms with van der Waals surface area (Å²) in [5.41, 5.74) is 3.81. The Morgan fingerprint density at radius 1 is 0.680 bits per heavy atom. The van der Waals surface area contributed by atoms with Gasteiger partial charge >= 0.3 is 7.12 Å². The standard InChI is InChI=1S/C20H15BN2O2/c24-21(25)16-11-12-17-18(13-16)22-20(15-9-5-2-6-10-15)23-19(17)14-7-3-1-4-8-14/h1-13,24-25H. The minimum atomic E-state index is -1.53. The lowest BCUT2D eigenvalue weighted by Gasteiger charge is -2.10. The van der Waals surface area contributed by atoms with Crippen LogP contribution in [0, 0.1) is 0 Å². The summed E-state index contributed by atoms with van der Waals surface area (Å²) in [7, 11) is -1.53. The Morgan fingerprint density at radius 3 is 1.96 bits per heavy atom. The van der Waals surface area contributed by atoms with Crippen molar-refractivity contribution in [3.63, 3.8) is 0 Å². The molecule has 5 heteroatoms. The summed E-state index contributed by atoms with van der Waals surface area (Å²) in [6.07, 6.45) is 0. The van der Waals surface area contributed by atoms with Crippen molar-refractivity contribution >= 4 is 23.5 Å². The van der Waals surface area contributed by atoms with Crippen LogP contribution >= 0.6 is 0 Å². The van der Waals surface area contributed by atoms with Crippen molar-refractivity contribution in [3.8, 4) is 22.6 Å². The highest BCUT2D eigenvalue weighted by molar-refractivity contribution is 6.58. The van der Waals surface area contributed by atoms with Gasteiger partial charge in [0.2, 0.25) is 0 Å². The van der Waals surface area contributed by atoms with E-state index < -0.39 is 7.12 Å². The second kappa shape index (κ2) is 6.47. The van der Waals surface area contributed by atoms with Gasteiger partial charge in [-0.25, -0.2) is 9.97 Å². The molecule has 0 aliphatic rings. The fourth-order valence-corrected chi connectivity index (χ4v) is 2.84. The average Bonchev–Trinajstić information content (AvgIpc) is 2.68. The molecule has 0 saturated heterocycles. The topological polar surface area (TPSA) is 66.2 Å². The molecule has 4 nitrogen and oxygen atoms in total. The molecule has 0 unspecified atom stereocenters. The van der Waals surface area contributed by atoms with Gasteiger partial charge in [-0.3, -0.25) is 0 Å². The van der Waals surface area contributed by atoms with E-state index >= 15 is 0 Å². The molecular formula is C20H15BN2O2. The van der Waals surface area contributed by atoms with Crippen molar-refractivity contribution in [1.82, 2.24) is 9.97 Å². The van der Waals surface area contributed by atoms with Gasteiger partial charge in [0.15, 0.2) is 5.82 Å². The smallest absolute Gasteiger partial charge is 0.423 e. The van der Waals surface area contributed by atoms with Crippen LogP contribution in [0.3, 0.4) is 0 Å². The van der Waals surface area contributed by atoms with E-state index in [9.17, 15) is 10.0 Å². The lowest BCUT2D eigenvalue weighted by Crippen LogP contribution is -2.29. The summed E-state index contributed by atoms with van der Waals surface area (Å²) >= 11 is 0. The Morgan fingerprint density at radius 2 is 1.32 bits per heavy atom. The molecule has 120 valence electrons. The number of benzene rings is 3. The maximum absolute atomic E-state index is 9.47. The highest BCUT2D eigenvalue weighted by Crippen LogP contribution is 2.28. The Labute approximate surface area is 145 Å². The lowest BCUT2D eigenvalue weighted by atomic mass is 9.80. The summed E-state index contributed by atoms with van der Waals surface area (Å²) in [5.74, 6) is 0.608. The average molecular weight is 326 g/mol. The zero-order valence-corrected chi connectivity index (χ0v) is 13.4. The van der Waals surface area contributed by atoms with E-state index in [1.807, 2.05) is 66.7 Å². The van der Waals surface area contributed by atoms with E-state index in [4.69, 9.17) is 4.98 Å². The van der Waals surface area contributed by atoms with Crippen LogP contribution in [0.15, 0.2) is 78.9 Å². The van der Waals surface area contributed by atoms with Crippen molar-refractivity contribution in [1.29, 1.82) is 0 Å². The Hall–Kier alpha value is -3.02. The van der Waals surface area contributed by atoms with E-state index in [0.29, 0.717) is 16.8 Å². The minimum absolute atomic E-state index is 0.407. The Balaban J connectivity index is 2.01. The van der Waals surface area contributed by atoms with Crippen molar-refractivity contribution in [2.75, 3.05) is 0 Å². The second-order valence-electron chi connectivity index (χ2n) is 5.78. The largest absolute Gasteiger partial charge is 0.488 e. The first-order valence-electron chi connectivity index (χ1n) is 8.01. The number of fused-ring (bicyclic) bond motifs is 1. The number of hydrogen-bond donors (Lipinski definition) is 2. The molecule has 1 aromatic heterocycles. The van der Waals surface area contributed by atoms with Gasteiger partial charge in [-0.05, 0) is 11.5 Å². The van der Waals surface area contributed by atoms with Gasteiger partial charge in [0.25, 0.3) is 0 Å². The van der Waals surface area contributed by atoms with Crippen LogP contribution in [0.4, 0.5) is 0 Å². The molecule has 25 heavy (non-hydrogen) atoms. The van der Waals surface area contributed by atoms with Crippen LogP contribution in [0.5, 0.6) is 0 Å². The molecule has 0 amide bonds. The molecule has 0 atom stereocenters. The van der Waals surface area contributed by atoms with E-state index in [1.54, 1.807) is 12.1 Å². The van der Waals surface area contributed by atoms with Gasteiger partial charge in [0.1, 0.15) is 0 Å². The van der Waals surface area contributed by atoms with Gasteiger partial charge in [-0.2, -0.15) is 0 Å². The molecule has 4 aromatic rings. The quantitative estimate of drug-likeness (QED) is 0.568. The molecule has 0 aliphatic heterocycles. The van der Waals surface area contributed by atoms with E-state index in [2.05, 4.69) is 4.98 Å². The van der Waals surface area contributed by atoms with E-state index in [1.165, 1.54) is 0 Å². The van der Waals surface area contributed by atoms with Gasteiger partial charge in [-0.15, -0.1) is 0 Å². The van der Waals surface area contributed by atoms with Crippen LogP contribution in [0.2, 0.25) is 0 Å². The van der Waals surface area contributed by atoms with Gasteiger partial charge in [0, 0.05) is 16.5 Å². The van der Waals surface area contributed by atoms with Crippen LogP contribution in [-0.2, 0) is 0 Å². The molecule has 4 rings (SSSR count). The molecule has 1 heterocycles. The lowest BCUT2D eigenvalue weighted by molar-refractivity contribution is 0.426. The maximum atomic E-state index is 9.47. The number of nitrogens with zero attached hydrogens (tertiary/aromatic N) is 2. The number of rotatable bonds is 3. The van der Waals surface area contributed by atoms with Crippen molar-refractivity contribution in [3.05, 3.63) is 78.9 Å². The number of aromatic nitrogens is 2. The third-order valence-corrected chi connectivity index (χ3v) is 4.10. The first kappa shape index (κ1) is 15.5. The van der Waals surface area contributed by atoms with Crippen LogP contribution < -0.4 is 5.46 Å². The highest BCUT2D eigenvalue weighted by atomic mass is 16.4. The molecule has 2 N–H and O–H groups in total. The molecule has 0 aliphatic carbocycles. The maximum Gasteiger partial charge on any atom is 0.488 e. The summed E-state index contributed by atoms with van der Waals surface area (Å²) in [4.78, 5) is 9.42. The van der Waals surface area contributed by atoms with Crippen molar-refractivity contribution in [2.45, 2.75) is 0 Å². The van der Waals surface area contributed by atoms with Gasteiger partial charge < -0.3 is 10.0 Å². The molecule has 0 fully saturated rings. The predicted molar refractivity (Wildman–Crippen MR) is 100 cm³/mol. The molecular weight excluding hydrogens is 311 g/mol. The van der Waals surface area contributed by atoms with Gasteiger partial charge in [-0.1, -0.05) is 72.8 Å². The molecule has 0 saturated carbocycles. The summed E-state index contributed by atoms with van der Waals surface area (Å²) in [5, 5.41) is 19.8. The summed E-state index contributed by atoms with van der Waals surface area (Å²) in [6.45, 7) is 0. The Bertz CT molecular complexity index is 1020. The fourth-order valence-electron chi connectivity index (χ4n) is 2.84. The minimum Gasteiger partial charge on any atom is -0.423 e. The van der Waals surface area contributed by atoms with Gasteiger partial charge in [0.05, 0.1) is 11.2 Å². The summed E-state index contributed by atoms with van der Waals surface area (Å²) in [6, 6.07) is 24.9. The van der Waals surface area contributed by atoms with Crippen molar-refractivity contribution in [2.24, 2.45) is 0 Å². The number of hydrogen-bond acceptors (Lipinski definition) is 4. The zero-order chi connectivity index (χ0) is 17.2. The highest BCUT2D eigenvalue weighted by Gasteiger charge is 2.15. The second-order valence-corrected chi connectivity index (χ2v) is 5.78. The summed E-state index contributed by atoms with van der Waals surface area (Å²) < 4.78 is 0. The van der Waals surface area contributed by atoms with Crippen LogP contribution in [-0.4, -0.2) is 27.1 Å².